The number of ether oxygens (including phenoxy) is 1. The first-order valence-corrected chi connectivity index (χ1v) is 12.1. The molecule has 2 aromatic carbocycles. The van der Waals surface area contributed by atoms with E-state index in [4.69, 9.17) is 9.72 Å². The fourth-order valence-electron chi connectivity index (χ4n) is 4.34. The van der Waals surface area contributed by atoms with E-state index in [1.165, 1.54) is 49.2 Å². The van der Waals surface area contributed by atoms with Gasteiger partial charge in [0, 0.05) is 25.0 Å². The van der Waals surface area contributed by atoms with Gasteiger partial charge in [0.15, 0.2) is 5.13 Å². The summed E-state index contributed by atoms with van der Waals surface area (Å²) in [7, 11) is 1.71. The number of thiazole rings is 1. The molecule has 0 saturated carbocycles. The van der Waals surface area contributed by atoms with Gasteiger partial charge in [-0.25, -0.2) is 9.97 Å². The van der Waals surface area contributed by atoms with Gasteiger partial charge in [0.1, 0.15) is 5.75 Å². The second-order valence-electron chi connectivity index (χ2n) is 8.42. The van der Waals surface area contributed by atoms with E-state index < -0.39 is 0 Å². The first-order valence-electron chi connectivity index (χ1n) is 11.2. The summed E-state index contributed by atoms with van der Waals surface area (Å²) in [6.45, 7) is 4.87. The third-order valence-electron chi connectivity index (χ3n) is 6.01. The minimum atomic E-state index is 0.773. The van der Waals surface area contributed by atoms with Crippen LogP contribution in [0.15, 0.2) is 54.2 Å². The van der Waals surface area contributed by atoms with Crippen molar-refractivity contribution >= 4 is 27.5 Å². The second-order valence-corrected chi connectivity index (χ2v) is 9.26. The van der Waals surface area contributed by atoms with E-state index in [2.05, 4.69) is 55.5 Å². The Morgan fingerprint density at radius 1 is 1.06 bits per heavy atom. The molecule has 7 heteroatoms. The SMILES string of the molecule is COc1cccc(CN(Cc2ccc3nc[nH]c3c2)c2nc(CN3CCCCC3)cs2)c1. The van der Waals surface area contributed by atoms with E-state index >= 15 is 0 Å². The van der Waals surface area contributed by atoms with Crippen molar-refractivity contribution in [3.8, 4) is 5.75 Å². The monoisotopic (exact) mass is 447 g/mol. The smallest absolute Gasteiger partial charge is 0.186 e. The van der Waals surface area contributed by atoms with Gasteiger partial charge in [0.05, 0.1) is 30.2 Å². The van der Waals surface area contributed by atoms with Crippen LogP contribution in [-0.2, 0) is 19.6 Å². The van der Waals surface area contributed by atoms with Gasteiger partial charge in [-0.3, -0.25) is 4.90 Å². The first-order chi connectivity index (χ1) is 15.8. The molecule has 5 rings (SSSR count). The van der Waals surface area contributed by atoms with Gasteiger partial charge >= 0.3 is 0 Å². The van der Waals surface area contributed by atoms with Crippen molar-refractivity contribution < 1.29 is 4.74 Å². The molecule has 1 aliphatic rings. The normalized spacial score (nSPS) is 14.7. The predicted molar refractivity (Wildman–Crippen MR) is 130 cm³/mol. The van der Waals surface area contributed by atoms with E-state index in [0.717, 1.165) is 41.5 Å². The van der Waals surface area contributed by atoms with Gasteiger partial charge in [0.25, 0.3) is 0 Å². The largest absolute Gasteiger partial charge is 0.497 e. The Balaban J connectivity index is 1.39. The van der Waals surface area contributed by atoms with Crippen molar-refractivity contribution in [2.45, 2.75) is 38.9 Å². The Morgan fingerprint density at radius 3 is 2.75 bits per heavy atom. The molecule has 1 N–H and O–H groups in total. The Labute approximate surface area is 192 Å². The van der Waals surface area contributed by atoms with Crippen LogP contribution >= 0.6 is 11.3 Å². The average Bonchev–Trinajstić information content (AvgIpc) is 3.49. The lowest BCUT2D eigenvalue weighted by molar-refractivity contribution is 0.219. The molecule has 1 aliphatic heterocycles. The van der Waals surface area contributed by atoms with E-state index in [9.17, 15) is 0 Å². The van der Waals surface area contributed by atoms with Crippen molar-refractivity contribution in [1.82, 2.24) is 19.9 Å². The molecule has 2 aromatic heterocycles. The number of benzene rings is 2. The fourth-order valence-corrected chi connectivity index (χ4v) is 5.16. The zero-order chi connectivity index (χ0) is 21.8. The Hall–Kier alpha value is -2.90. The highest BCUT2D eigenvalue weighted by molar-refractivity contribution is 7.13. The third kappa shape index (κ3) is 4.95. The van der Waals surface area contributed by atoms with Crippen LogP contribution in [0.3, 0.4) is 0 Å². The van der Waals surface area contributed by atoms with Crippen LogP contribution in [-0.4, -0.2) is 40.1 Å². The van der Waals surface area contributed by atoms with Crippen LogP contribution in [0.25, 0.3) is 11.0 Å². The number of piperidine rings is 1. The van der Waals surface area contributed by atoms with Crippen LogP contribution in [0.2, 0.25) is 0 Å². The van der Waals surface area contributed by atoms with Gasteiger partial charge in [-0.1, -0.05) is 24.6 Å². The zero-order valence-electron chi connectivity index (χ0n) is 18.5. The fraction of sp³-hybridized carbons (Fsp3) is 0.360. The lowest BCUT2D eigenvalue weighted by Crippen LogP contribution is -2.29. The lowest BCUT2D eigenvalue weighted by atomic mass is 10.1. The number of rotatable bonds is 8. The van der Waals surface area contributed by atoms with Gasteiger partial charge in [-0.05, 0) is 61.3 Å². The molecule has 0 unspecified atom stereocenters. The number of hydrogen-bond donors (Lipinski definition) is 1. The number of hydrogen-bond acceptors (Lipinski definition) is 6. The van der Waals surface area contributed by atoms with E-state index in [1.807, 2.05) is 12.1 Å². The van der Waals surface area contributed by atoms with Crippen LogP contribution in [0.5, 0.6) is 5.75 Å². The highest BCUT2D eigenvalue weighted by Crippen LogP contribution is 2.27. The van der Waals surface area contributed by atoms with Crippen molar-refractivity contribution in [3.63, 3.8) is 0 Å². The second kappa shape index (κ2) is 9.71. The molecule has 0 aliphatic carbocycles. The molecule has 0 atom stereocenters. The highest BCUT2D eigenvalue weighted by Gasteiger charge is 2.16. The summed E-state index contributed by atoms with van der Waals surface area (Å²) in [5.74, 6) is 0.881. The number of nitrogens with zero attached hydrogens (tertiary/aromatic N) is 4. The number of anilines is 1. The van der Waals surface area contributed by atoms with E-state index in [1.54, 1.807) is 24.8 Å². The molecule has 32 heavy (non-hydrogen) atoms. The van der Waals surface area contributed by atoms with Crippen molar-refractivity contribution in [2.24, 2.45) is 0 Å². The summed E-state index contributed by atoms with van der Waals surface area (Å²) in [4.78, 5) is 17.5. The summed E-state index contributed by atoms with van der Waals surface area (Å²) in [5, 5.41) is 3.28. The Kier molecular flexibility index (Phi) is 6.36. The van der Waals surface area contributed by atoms with Gasteiger partial charge < -0.3 is 14.6 Å². The molecule has 4 aromatic rings. The number of aromatic amines is 1. The molecule has 1 fully saturated rings. The summed E-state index contributed by atoms with van der Waals surface area (Å²) in [6.07, 6.45) is 5.70. The first kappa shape index (κ1) is 21.0. The molecule has 0 amide bonds. The molecule has 1 saturated heterocycles. The quantitative estimate of drug-likeness (QED) is 0.401. The van der Waals surface area contributed by atoms with Crippen LogP contribution in [0.4, 0.5) is 5.13 Å². The lowest BCUT2D eigenvalue weighted by Gasteiger charge is -2.25. The molecule has 6 nitrogen and oxygen atoms in total. The Morgan fingerprint density at radius 2 is 1.91 bits per heavy atom. The minimum Gasteiger partial charge on any atom is -0.497 e. The number of fused-ring (bicyclic) bond motifs is 1. The number of H-pyrrole nitrogens is 1. The van der Waals surface area contributed by atoms with Gasteiger partial charge in [-0.15, -0.1) is 11.3 Å². The third-order valence-corrected chi connectivity index (χ3v) is 6.96. The highest BCUT2D eigenvalue weighted by atomic mass is 32.1. The maximum absolute atomic E-state index is 5.44. The predicted octanol–water partition coefficient (Wildman–Crippen LogP) is 5.22. The zero-order valence-corrected chi connectivity index (χ0v) is 19.3. The summed E-state index contributed by atoms with van der Waals surface area (Å²) in [6, 6.07) is 14.7. The van der Waals surface area contributed by atoms with E-state index in [-0.39, 0.29) is 0 Å². The number of nitrogens with one attached hydrogen (secondary N) is 1. The average molecular weight is 448 g/mol. The van der Waals surface area contributed by atoms with Crippen molar-refractivity contribution in [1.29, 1.82) is 0 Å². The maximum Gasteiger partial charge on any atom is 0.186 e. The summed E-state index contributed by atoms with van der Waals surface area (Å²) >= 11 is 1.74. The molecule has 0 spiro atoms. The molecule has 0 bridgehead atoms. The van der Waals surface area contributed by atoms with Crippen LogP contribution in [0.1, 0.15) is 36.1 Å². The Bertz CT molecular complexity index is 1160. The topological polar surface area (TPSA) is 57.3 Å². The summed E-state index contributed by atoms with van der Waals surface area (Å²) < 4.78 is 5.44. The number of likely N-dealkylation sites (tertiary alicyclic amines) is 1. The van der Waals surface area contributed by atoms with Gasteiger partial charge in [-0.2, -0.15) is 0 Å². The molecule has 0 radical (unpaired) electrons. The number of aromatic nitrogens is 3. The number of methoxy groups -OCH3 is 1. The standard InChI is InChI=1S/C25H29N5OS/c1-31-22-7-5-6-19(12-22)14-30(15-20-8-9-23-24(13-20)27-18-26-23)25-28-21(17-32-25)16-29-10-3-2-4-11-29/h5-9,12-13,17-18H,2-4,10-11,14-16H2,1H3,(H,26,27). The molecular weight excluding hydrogens is 418 g/mol. The van der Waals surface area contributed by atoms with Gasteiger partial charge in [0.2, 0.25) is 0 Å². The summed E-state index contributed by atoms with van der Waals surface area (Å²) in [5.41, 5.74) is 5.67. The maximum atomic E-state index is 5.44. The molecular formula is C25H29N5OS. The number of imidazole rings is 1. The van der Waals surface area contributed by atoms with Crippen molar-refractivity contribution in [2.75, 3.05) is 25.1 Å². The molecule has 3 heterocycles. The van der Waals surface area contributed by atoms with Crippen molar-refractivity contribution in [3.05, 3.63) is 71.0 Å². The van der Waals surface area contributed by atoms with Crippen LogP contribution < -0.4 is 9.64 Å². The molecule has 166 valence electrons. The van der Waals surface area contributed by atoms with Crippen LogP contribution in [0, 0.1) is 0 Å². The van der Waals surface area contributed by atoms with E-state index in [0.29, 0.717) is 0 Å². The minimum absolute atomic E-state index is 0.773.